The fraction of sp³-hybridized carbons (Fsp3) is 0.133. The molecule has 126 valence electrons. The lowest BCUT2D eigenvalue weighted by Gasteiger charge is -2.12. The van der Waals surface area contributed by atoms with Gasteiger partial charge in [-0.2, -0.15) is 0 Å². The normalized spacial score (nSPS) is 10.1. The quantitative estimate of drug-likeness (QED) is 0.679. The molecule has 8 nitrogen and oxygen atoms in total. The van der Waals surface area contributed by atoms with E-state index in [1.54, 1.807) is 12.1 Å². The second-order valence-corrected chi connectivity index (χ2v) is 5.48. The van der Waals surface area contributed by atoms with E-state index in [0.717, 1.165) is 0 Å². The maximum Gasteiger partial charge on any atom is 0.272 e. The molecule has 0 fully saturated rings. The Morgan fingerprint density at radius 3 is 2.62 bits per heavy atom. The molecule has 1 aromatic carbocycles. The predicted molar refractivity (Wildman–Crippen MR) is 90.4 cm³/mol. The SMILES string of the molecule is COc1ccc(NC(=O)c2ccc(Br)c(=O)[nH]2)cc1OCC(N)=O. The second-order valence-electron chi connectivity index (χ2n) is 4.62. The van der Waals surface area contributed by atoms with Gasteiger partial charge in [0.05, 0.1) is 11.6 Å². The first-order valence-corrected chi connectivity index (χ1v) is 7.49. The number of anilines is 1. The maximum absolute atomic E-state index is 12.2. The van der Waals surface area contributed by atoms with Crippen molar-refractivity contribution in [1.82, 2.24) is 4.98 Å². The van der Waals surface area contributed by atoms with Crippen molar-refractivity contribution in [3.8, 4) is 11.5 Å². The molecule has 2 amide bonds. The summed E-state index contributed by atoms with van der Waals surface area (Å²) in [4.78, 5) is 37.0. The van der Waals surface area contributed by atoms with Crippen LogP contribution in [0.25, 0.3) is 0 Å². The Morgan fingerprint density at radius 1 is 1.25 bits per heavy atom. The minimum Gasteiger partial charge on any atom is -0.493 e. The Balaban J connectivity index is 2.20. The number of hydrogen-bond donors (Lipinski definition) is 3. The molecule has 1 heterocycles. The summed E-state index contributed by atoms with van der Waals surface area (Å²) < 4.78 is 10.7. The first kappa shape index (κ1) is 17.5. The smallest absolute Gasteiger partial charge is 0.272 e. The fourth-order valence-electron chi connectivity index (χ4n) is 1.80. The summed E-state index contributed by atoms with van der Waals surface area (Å²) in [5, 5.41) is 2.61. The van der Waals surface area contributed by atoms with Gasteiger partial charge in [-0.25, -0.2) is 0 Å². The van der Waals surface area contributed by atoms with Crippen molar-refractivity contribution < 1.29 is 19.1 Å². The number of carbonyl (C=O) groups is 2. The van der Waals surface area contributed by atoms with Crippen LogP contribution in [0.15, 0.2) is 39.6 Å². The molecule has 0 unspecified atom stereocenters. The van der Waals surface area contributed by atoms with Crippen LogP contribution in [-0.4, -0.2) is 30.5 Å². The number of methoxy groups -OCH3 is 1. The number of primary amides is 1. The standard InChI is InChI=1S/C15H14BrN3O5/c1-23-11-5-2-8(6-12(11)24-7-13(17)20)18-15(22)10-4-3-9(16)14(21)19-10/h2-6H,7H2,1H3,(H2,17,20)(H,18,22)(H,19,21). The van der Waals surface area contributed by atoms with Crippen molar-refractivity contribution in [2.75, 3.05) is 19.0 Å². The van der Waals surface area contributed by atoms with Gasteiger partial charge in [0.25, 0.3) is 17.4 Å². The van der Waals surface area contributed by atoms with Crippen molar-refractivity contribution in [2.24, 2.45) is 5.73 Å². The van der Waals surface area contributed by atoms with Crippen LogP contribution in [0, 0.1) is 0 Å². The lowest BCUT2D eigenvalue weighted by Crippen LogP contribution is -2.20. The molecule has 0 aliphatic rings. The topological polar surface area (TPSA) is 124 Å². The van der Waals surface area contributed by atoms with E-state index in [0.29, 0.717) is 15.9 Å². The number of hydrogen-bond acceptors (Lipinski definition) is 5. The zero-order valence-electron chi connectivity index (χ0n) is 12.6. The lowest BCUT2D eigenvalue weighted by molar-refractivity contribution is -0.119. The minimum absolute atomic E-state index is 0.0959. The number of carbonyl (C=O) groups excluding carboxylic acids is 2. The predicted octanol–water partition coefficient (Wildman–Crippen LogP) is 1.26. The molecule has 2 aromatic rings. The van der Waals surface area contributed by atoms with Gasteiger partial charge in [-0.3, -0.25) is 14.4 Å². The monoisotopic (exact) mass is 395 g/mol. The number of nitrogens with two attached hydrogens (primary N) is 1. The van der Waals surface area contributed by atoms with Gasteiger partial charge in [0.1, 0.15) is 5.69 Å². The molecule has 0 saturated heterocycles. The summed E-state index contributed by atoms with van der Waals surface area (Å²) in [6.07, 6.45) is 0. The Labute approximate surface area is 145 Å². The van der Waals surface area contributed by atoms with Crippen LogP contribution in [0.2, 0.25) is 0 Å². The van der Waals surface area contributed by atoms with Gasteiger partial charge in [0.2, 0.25) is 0 Å². The molecule has 0 bridgehead atoms. The van der Waals surface area contributed by atoms with Crippen molar-refractivity contribution in [3.63, 3.8) is 0 Å². The number of pyridine rings is 1. The molecule has 0 aliphatic heterocycles. The molecule has 2 rings (SSSR count). The van der Waals surface area contributed by atoms with Crippen molar-refractivity contribution in [1.29, 1.82) is 0 Å². The van der Waals surface area contributed by atoms with Crippen LogP contribution >= 0.6 is 15.9 Å². The molecule has 0 spiro atoms. The summed E-state index contributed by atoms with van der Waals surface area (Å²) in [6.45, 7) is -0.326. The van der Waals surface area contributed by atoms with E-state index in [-0.39, 0.29) is 18.1 Å². The highest BCUT2D eigenvalue weighted by atomic mass is 79.9. The average Bonchev–Trinajstić information content (AvgIpc) is 2.55. The Hall–Kier alpha value is -2.81. The molecule has 24 heavy (non-hydrogen) atoms. The summed E-state index contributed by atoms with van der Waals surface area (Å²) in [5.74, 6) is -0.519. The highest BCUT2D eigenvalue weighted by Gasteiger charge is 2.12. The van der Waals surface area contributed by atoms with Gasteiger partial charge < -0.3 is 25.5 Å². The third kappa shape index (κ3) is 4.35. The summed E-state index contributed by atoms with van der Waals surface area (Å²) >= 11 is 3.06. The summed E-state index contributed by atoms with van der Waals surface area (Å²) in [6, 6.07) is 7.58. The Bertz CT molecular complexity index is 834. The number of ether oxygens (including phenoxy) is 2. The van der Waals surface area contributed by atoms with Gasteiger partial charge in [-0.1, -0.05) is 0 Å². The lowest BCUT2D eigenvalue weighted by atomic mass is 10.2. The first-order valence-electron chi connectivity index (χ1n) is 6.70. The zero-order valence-corrected chi connectivity index (χ0v) is 14.2. The van der Waals surface area contributed by atoms with Crippen molar-refractivity contribution in [2.45, 2.75) is 0 Å². The van der Waals surface area contributed by atoms with Gasteiger partial charge in [-0.05, 0) is 40.2 Å². The van der Waals surface area contributed by atoms with Gasteiger partial charge >= 0.3 is 0 Å². The first-order chi connectivity index (χ1) is 11.4. The Morgan fingerprint density at radius 2 is 2.00 bits per heavy atom. The van der Waals surface area contributed by atoms with Crippen LogP contribution in [0.3, 0.4) is 0 Å². The van der Waals surface area contributed by atoms with E-state index >= 15 is 0 Å². The maximum atomic E-state index is 12.2. The number of H-pyrrole nitrogens is 1. The number of benzene rings is 1. The van der Waals surface area contributed by atoms with Crippen LogP contribution in [0.1, 0.15) is 10.5 Å². The highest BCUT2D eigenvalue weighted by molar-refractivity contribution is 9.10. The van der Waals surface area contributed by atoms with Crippen molar-refractivity contribution in [3.05, 3.63) is 50.9 Å². The number of nitrogens with one attached hydrogen (secondary N) is 2. The number of aromatic nitrogens is 1. The third-order valence-corrected chi connectivity index (χ3v) is 3.52. The molecule has 0 atom stereocenters. The molecule has 0 radical (unpaired) electrons. The van der Waals surface area contributed by atoms with Gasteiger partial charge in [0.15, 0.2) is 18.1 Å². The minimum atomic E-state index is -0.640. The molecule has 1 aromatic heterocycles. The van der Waals surface area contributed by atoms with E-state index in [2.05, 4.69) is 26.2 Å². The van der Waals surface area contributed by atoms with E-state index in [4.69, 9.17) is 15.2 Å². The van der Waals surface area contributed by atoms with Crippen LogP contribution in [-0.2, 0) is 4.79 Å². The molecule has 4 N–H and O–H groups in total. The molecule has 0 aliphatic carbocycles. The van der Waals surface area contributed by atoms with Crippen LogP contribution in [0.5, 0.6) is 11.5 Å². The fourth-order valence-corrected chi connectivity index (χ4v) is 2.03. The zero-order chi connectivity index (χ0) is 17.7. The molecule has 0 saturated carbocycles. The second kappa shape index (κ2) is 7.64. The van der Waals surface area contributed by atoms with E-state index in [9.17, 15) is 14.4 Å². The molecular formula is C15H14BrN3O5. The largest absolute Gasteiger partial charge is 0.493 e. The number of aromatic amines is 1. The average molecular weight is 396 g/mol. The summed E-state index contributed by atoms with van der Waals surface area (Å²) in [5.41, 5.74) is 5.12. The molecule has 9 heteroatoms. The van der Waals surface area contributed by atoms with E-state index < -0.39 is 17.4 Å². The number of amides is 2. The van der Waals surface area contributed by atoms with Crippen molar-refractivity contribution >= 4 is 33.4 Å². The summed E-state index contributed by atoms with van der Waals surface area (Å²) in [7, 11) is 1.44. The third-order valence-electron chi connectivity index (χ3n) is 2.90. The highest BCUT2D eigenvalue weighted by Crippen LogP contribution is 2.30. The van der Waals surface area contributed by atoms with Gasteiger partial charge in [0, 0.05) is 11.8 Å². The Kier molecular flexibility index (Phi) is 5.59. The number of halogens is 1. The van der Waals surface area contributed by atoms with Gasteiger partial charge in [-0.15, -0.1) is 0 Å². The number of rotatable bonds is 6. The van der Waals surface area contributed by atoms with E-state index in [1.807, 2.05) is 0 Å². The van der Waals surface area contributed by atoms with Crippen LogP contribution < -0.4 is 26.1 Å². The molecular weight excluding hydrogens is 382 g/mol. The van der Waals surface area contributed by atoms with Crippen LogP contribution in [0.4, 0.5) is 5.69 Å². The van der Waals surface area contributed by atoms with E-state index in [1.165, 1.54) is 25.3 Å².